The summed E-state index contributed by atoms with van der Waals surface area (Å²) in [7, 11) is -3.19. The minimum Gasteiger partial charge on any atom is -0.471 e. The summed E-state index contributed by atoms with van der Waals surface area (Å²) in [5.74, 6) is 2.61. The largest absolute Gasteiger partial charge is 0.471 e. The third-order valence-corrected chi connectivity index (χ3v) is 8.96. The van der Waals surface area contributed by atoms with Crippen molar-refractivity contribution in [1.29, 1.82) is 0 Å². The van der Waals surface area contributed by atoms with Crippen molar-refractivity contribution in [3.05, 3.63) is 78.5 Å². The van der Waals surface area contributed by atoms with Crippen LogP contribution in [0.15, 0.2) is 72.0 Å². The summed E-state index contributed by atoms with van der Waals surface area (Å²) < 4.78 is 32.5. The molecule has 3 heterocycles. The highest BCUT2D eigenvalue weighted by Crippen LogP contribution is 2.44. The van der Waals surface area contributed by atoms with E-state index in [-0.39, 0.29) is 12.1 Å². The number of imidazole rings is 1. The van der Waals surface area contributed by atoms with Gasteiger partial charge in [0.05, 0.1) is 28.2 Å². The van der Waals surface area contributed by atoms with Gasteiger partial charge in [-0.2, -0.15) is 0 Å². The van der Waals surface area contributed by atoms with Crippen LogP contribution in [0.5, 0.6) is 5.88 Å². The van der Waals surface area contributed by atoms with E-state index in [0.717, 1.165) is 54.9 Å². The number of likely N-dealkylation sites (tertiary alicyclic amines) is 1. The number of fused-ring (bicyclic) bond motifs is 2. The molecule has 1 saturated carbocycles. The first-order valence-electron chi connectivity index (χ1n) is 12.7. The van der Waals surface area contributed by atoms with Crippen molar-refractivity contribution >= 4 is 20.9 Å². The number of sulfone groups is 1. The van der Waals surface area contributed by atoms with Crippen LogP contribution in [0.3, 0.4) is 0 Å². The fourth-order valence-electron chi connectivity index (χ4n) is 6.20. The third kappa shape index (κ3) is 4.85. The molecular weight excluding hydrogens is 486 g/mol. The molecule has 1 aliphatic heterocycles. The predicted octanol–water partition coefficient (Wildman–Crippen LogP) is 4.07. The van der Waals surface area contributed by atoms with Crippen LogP contribution in [-0.4, -0.2) is 58.3 Å². The number of rotatable bonds is 6. The van der Waals surface area contributed by atoms with Crippen LogP contribution in [0, 0.1) is 18.8 Å². The molecule has 2 fully saturated rings. The molecule has 192 valence electrons. The lowest BCUT2D eigenvalue weighted by atomic mass is 9.77. The summed E-state index contributed by atoms with van der Waals surface area (Å²) in [5.41, 5.74) is 3.27. The van der Waals surface area contributed by atoms with E-state index < -0.39 is 9.84 Å². The minimum absolute atomic E-state index is 0.0387. The first-order chi connectivity index (χ1) is 17.8. The highest BCUT2D eigenvalue weighted by Gasteiger charge is 2.44. The Hall–Kier alpha value is -3.30. The van der Waals surface area contributed by atoms with Crippen molar-refractivity contribution in [2.45, 2.75) is 43.4 Å². The van der Waals surface area contributed by atoms with Crippen LogP contribution in [0.1, 0.15) is 30.3 Å². The number of ether oxygens (including phenoxy) is 1. The second-order valence-electron chi connectivity index (χ2n) is 10.4. The lowest BCUT2D eigenvalue weighted by molar-refractivity contribution is 0.0519. The number of benzene rings is 2. The summed E-state index contributed by atoms with van der Waals surface area (Å²) >= 11 is 0. The maximum absolute atomic E-state index is 11.8. The summed E-state index contributed by atoms with van der Waals surface area (Å²) in [6.07, 6.45) is 8.15. The zero-order chi connectivity index (χ0) is 25.6. The number of para-hydroxylation sites is 2. The van der Waals surface area contributed by atoms with E-state index in [1.165, 1.54) is 6.26 Å². The topological polar surface area (TPSA) is 90.2 Å². The first kappa shape index (κ1) is 24.1. The smallest absolute Gasteiger partial charge is 0.232 e. The quantitative estimate of drug-likeness (QED) is 0.381. The summed E-state index contributed by atoms with van der Waals surface area (Å²) in [6.45, 7) is 4.89. The molecule has 4 atom stereocenters. The number of nitrogens with zero attached hydrogens (tertiary/aromatic N) is 5. The molecule has 6 rings (SSSR count). The van der Waals surface area contributed by atoms with Gasteiger partial charge in [0.15, 0.2) is 9.84 Å². The lowest BCUT2D eigenvalue weighted by Crippen LogP contribution is -2.40. The van der Waals surface area contributed by atoms with E-state index in [1.54, 1.807) is 30.7 Å². The van der Waals surface area contributed by atoms with E-state index >= 15 is 0 Å². The SMILES string of the molecule is Cc1nc2ccccc2n1[C@H]1C[C@H]2CN(Cc3ccc(S(C)(=O)=O)cc3)C[C@H]2C[C@@H]1Oc1cnccn1. The van der Waals surface area contributed by atoms with Gasteiger partial charge >= 0.3 is 0 Å². The Labute approximate surface area is 217 Å². The Bertz CT molecular complexity index is 1500. The van der Waals surface area contributed by atoms with Gasteiger partial charge in [0.2, 0.25) is 5.88 Å². The fraction of sp³-hybridized carbons (Fsp3) is 0.393. The Morgan fingerprint density at radius 2 is 1.76 bits per heavy atom. The Kier molecular flexibility index (Phi) is 6.20. The molecule has 2 aromatic carbocycles. The van der Waals surface area contributed by atoms with Crippen molar-refractivity contribution in [2.24, 2.45) is 11.8 Å². The highest BCUT2D eigenvalue weighted by atomic mass is 32.2. The number of aryl methyl sites for hydroxylation is 1. The number of hydrogen-bond acceptors (Lipinski definition) is 7. The monoisotopic (exact) mass is 517 g/mol. The summed E-state index contributed by atoms with van der Waals surface area (Å²) in [6, 6.07) is 15.7. The van der Waals surface area contributed by atoms with Crippen molar-refractivity contribution < 1.29 is 13.2 Å². The molecule has 1 saturated heterocycles. The predicted molar refractivity (Wildman–Crippen MR) is 141 cm³/mol. The van der Waals surface area contributed by atoms with E-state index in [1.807, 2.05) is 18.2 Å². The van der Waals surface area contributed by atoms with Crippen molar-refractivity contribution in [3.63, 3.8) is 0 Å². The standard InChI is InChI=1S/C28H31N5O3S/c1-19-31-24-5-3-4-6-25(24)33(19)26-13-21-17-32(16-20-7-9-23(10-8-20)37(2,34)35)18-22(21)14-27(26)36-28-15-29-11-12-30-28/h3-12,15,21-22,26-27H,13-14,16-18H2,1-2H3/t21-,22+,26-,27-/m0/s1. The third-order valence-electron chi connectivity index (χ3n) is 7.83. The number of hydrogen-bond donors (Lipinski definition) is 0. The average molecular weight is 518 g/mol. The second-order valence-corrected chi connectivity index (χ2v) is 12.4. The molecule has 2 aliphatic rings. The Morgan fingerprint density at radius 3 is 2.49 bits per heavy atom. The highest BCUT2D eigenvalue weighted by molar-refractivity contribution is 7.90. The van der Waals surface area contributed by atoms with Gasteiger partial charge in [0, 0.05) is 38.3 Å². The fourth-order valence-corrected chi connectivity index (χ4v) is 6.83. The maximum Gasteiger partial charge on any atom is 0.232 e. The molecule has 1 aliphatic carbocycles. The molecular formula is C28H31N5O3S. The molecule has 0 amide bonds. The van der Waals surface area contributed by atoms with Crippen molar-refractivity contribution in [3.8, 4) is 5.88 Å². The van der Waals surface area contributed by atoms with Gasteiger partial charge in [-0.3, -0.25) is 9.88 Å². The Morgan fingerprint density at radius 1 is 1.00 bits per heavy atom. The zero-order valence-corrected chi connectivity index (χ0v) is 21.9. The van der Waals surface area contributed by atoms with Gasteiger partial charge < -0.3 is 9.30 Å². The van der Waals surface area contributed by atoms with Crippen molar-refractivity contribution in [1.82, 2.24) is 24.4 Å². The van der Waals surface area contributed by atoms with Crippen LogP contribution in [0.2, 0.25) is 0 Å². The van der Waals surface area contributed by atoms with Crippen LogP contribution in [-0.2, 0) is 16.4 Å². The molecule has 8 nitrogen and oxygen atoms in total. The van der Waals surface area contributed by atoms with E-state index in [0.29, 0.717) is 22.6 Å². The van der Waals surface area contributed by atoms with Crippen LogP contribution in [0.4, 0.5) is 0 Å². The van der Waals surface area contributed by atoms with Gasteiger partial charge in [-0.15, -0.1) is 0 Å². The van der Waals surface area contributed by atoms with Gasteiger partial charge in [0.1, 0.15) is 11.9 Å². The van der Waals surface area contributed by atoms with Crippen LogP contribution < -0.4 is 4.74 Å². The molecule has 0 bridgehead atoms. The van der Waals surface area contributed by atoms with Gasteiger partial charge in [-0.05, 0) is 61.4 Å². The molecule has 0 radical (unpaired) electrons. The van der Waals surface area contributed by atoms with E-state index in [2.05, 4.69) is 44.6 Å². The molecule has 9 heteroatoms. The number of aromatic nitrogens is 4. The van der Waals surface area contributed by atoms with Gasteiger partial charge in [-0.25, -0.2) is 18.4 Å². The van der Waals surface area contributed by atoms with Gasteiger partial charge in [-0.1, -0.05) is 24.3 Å². The van der Waals surface area contributed by atoms with Crippen LogP contribution >= 0.6 is 0 Å². The molecule has 2 aromatic heterocycles. The lowest BCUT2D eigenvalue weighted by Gasteiger charge is -2.39. The second kappa shape index (κ2) is 9.54. The van der Waals surface area contributed by atoms with E-state index in [4.69, 9.17) is 9.72 Å². The zero-order valence-electron chi connectivity index (χ0n) is 21.1. The van der Waals surface area contributed by atoms with Crippen molar-refractivity contribution in [2.75, 3.05) is 19.3 Å². The molecule has 0 spiro atoms. The minimum atomic E-state index is -3.19. The molecule has 4 aromatic rings. The van der Waals surface area contributed by atoms with Crippen LogP contribution in [0.25, 0.3) is 11.0 Å². The molecule has 0 unspecified atom stereocenters. The molecule has 0 N–H and O–H groups in total. The maximum atomic E-state index is 11.8. The van der Waals surface area contributed by atoms with E-state index in [9.17, 15) is 8.42 Å². The molecule has 37 heavy (non-hydrogen) atoms. The summed E-state index contributed by atoms with van der Waals surface area (Å²) in [4.78, 5) is 16.3. The summed E-state index contributed by atoms with van der Waals surface area (Å²) in [5, 5.41) is 0. The first-order valence-corrected chi connectivity index (χ1v) is 14.6. The average Bonchev–Trinajstić information content (AvgIpc) is 3.42. The van der Waals surface area contributed by atoms with Gasteiger partial charge in [0.25, 0.3) is 0 Å². The Balaban J connectivity index is 1.25. The normalized spacial score (nSPS) is 24.3.